The van der Waals surface area contributed by atoms with E-state index in [2.05, 4.69) is 131 Å². The smallest absolute Gasteiger partial charge is 0.343 e. The van der Waals surface area contributed by atoms with Gasteiger partial charge in [-0.1, -0.05) is 125 Å². The number of benzene rings is 4. The largest absolute Gasteiger partial charge is 2.00 e. The van der Waals surface area contributed by atoms with Crippen LogP contribution in [0, 0.1) is 12.8 Å². The van der Waals surface area contributed by atoms with E-state index >= 15 is 0 Å². The first-order valence-corrected chi connectivity index (χ1v) is 13.7. The second kappa shape index (κ2) is 14.5. The maximum Gasteiger partial charge on any atom is 2.00 e. The van der Waals surface area contributed by atoms with Crippen molar-refractivity contribution in [1.82, 2.24) is 0 Å². The molecule has 0 aliphatic heterocycles. The van der Waals surface area contributed by atoms with Crippen molar-refractivity contribution in [3.05, 3.63) is 121 Å². The van der Waals surface area contributed by atoms with Crippen molar-refractivity contribution >= 4 is 21.5 Å². The predicted molar refractivity (Wildman–Crippen MR) is 160 cm³/mol. The van der Waals surface area contributed by atoms with Crippen LogP contribution in [0.5, 0.6) is 0 Å². The minimum absolute atomic E-state index is 0. The fraction of sp³-hybridized carbons (Fsp3) is 0.278. The van der Waals surface area contributed by atoms with Gasteiger partial charge in [-0.15, -0.1) is 39.7 Å². The van der Waals surface area contributed by atoms with Crippen molar-refractivity contribution in [3.8, 4) is 11.1 Å². The third-order valence-electron chi connectivity index (χ3n) is 7.34. The number of hydrogen-bond acceptors (Lipinski definition) is 0. The van der Waals surface area contributed by atoms with Gasteiger partial charge >= 0.3 is 26.2 Å². The summed E-state index contributed by atoms with van der Waals surface area (Å²) in [4.78, 5) is 0. The van der Waals surface area contributed by atoms with Gasteiger partial charge in [-0.05, 0) is 34.6 Å². The van der Waals surface area contributed by atoms with Crippen LogP contribution in [0.3, 0.4) is 0 Å². The molecule has 1 unspecified atom stereocenters. The predicted octanol–water partition coefficient (Wildman–Crippen LogP) is 11.0. The topological polar surface area (TPSA) is 0 Å². The molecular formula is C36H40Zr. The molecule has 37 heavy (non-hydrogen) atoms. The van der Waals surface area contributed by atoms with Crippen molar-refractivity contribution < 1.29 is 26.2 Å². The van der Waals surface area contributed by atoms with E-state index in [0.717, 1.165) is 12.3 Å². The van der Waals surface area contributed by atoms with Gasteiger partial charge in [-0.25, -0.2) is 0 Å². The molecule has 1 aliphatic carbocycles. The second-order valence-corrected chi connectivity index (χ2v) is 9.94. The summed E-state index contributed by atoms with van der Waals surface area (Å²) in [7, 11) is 0. The van der Waals surface area contributed by atoms with Crippen LogP contribution in [-0.4, -0.2) is 0 Å². The number of rotatable bonds is 5. The Morgan fingerprint density at radius 2 is 1.11 bits per heavy atom. The zero-order valence-corrected chi connectivity index (χ0v) is 25.2. The molecule has 0 amide bonds. The Morgan fingerprint density at radius 3 is 1.57 bits per heavy atom. The summed E-state index contributed by atoms with van der Waals surface area (Å²) in [6.07, 6.45) is 6.23. The Hall–Kier alpha value is -2.37. The minimum Gasteiger partial charge on any atom is -0.343 e. The first-order valence-electron chi connectivity index (χ1n) is 13.7. The van der Waals surface area contributed by atoms with Gasteiger partial charge in [0.2, 0.25) is 0 Å². The first kappa shape index (κ1) is 29.2. The summed E-state index contributed by atoms with van der Waals surface area (Å²) in [6.45, 7) is 10.4. The minimum atomic E-state index is 0. The Morgan fingerprint density at radius 1 is 0.676 bits per heavy atom. The van der Waals surface area contributed by atoms with Gasteiger partial charge in [0.15, 0.2) is 0 Å². The van der Waals surface area contributed by atoms with E-state index in [9.17, 15) is 0 Å². The van der Waals surface area contributed by atoms with E-state index in [1.165, 1.54) is 69.5 Å². The molecule has 0 fully saturated rings. The molecule has 0 radical (unpaired) electrons. The zero-order chi connectivity index (χ0) is 25.3. The molecule has 1 heteroatoms. The summed E-state index contributed by atoms with van der Waals surface area (Å²) in [5.74, 6) is 1.32. The van der Waals surface area contributed by atoms with Crippen LogP contribution in [0.2, 0.25) is 0 Å². The molecule has 0 saturated carbocycles. The molecule has 5 aromatic carbocycles. The average Bonchev–Trinajstić information content (AvgIpc) is 3.48. The summed E-state index contributed by atoms with van der Waals surface area (Å²) in [6, 6.07) is 37.2. The summed E-state index contributed by atoms with van der Waals surface area (Å²) >= 11 is 0. The van der Waals surface area contributed by atoms with Crippen molar-refractivity contribution in [1.29, 1.82) is 0 Å². The zero-order valence-electron chi connectivity index (χ0n) is 22.7. The van der Waals surface area contributed by atoms with Crippen LogP contribution < -0.4 is 0 Å². The van der Waals surface area contributed by atoms with E-state index in [1.807, 2.05) is 0 Å². The molecule has 1 atom stereocenters. The summed E-state index contributed by atoms with van der Waals surface area (Å²) < 4.78 is 0. The van der Waals surface area contributed by atoms with E-state index in [4.69, 9.17) is 0 Å². The number of unbranched alkanes of at least 4 members (excludes halogenated alkanes) is 2. The Bertz CT molecular complexity index is 1280. The molecule has 0 aromatic heterocycles. The molecule has 0 heterocycles. The maximum atomic E-state index is 3.60. The standard InChI is InChI=1S/C19H22.C13H9.C4H9.Zr/c1-3-4-9-14(2)19-17-12-7-5-10-15(17)16-11-6-8-13-18(16)19;1-3-7-12-10(5-1)9-11-6-2-4-8-13(11)12;1-3-4-2;/h5-8,10-14,19H,3-4,9H2,1-2H3;1-9H;1,3-4H2,2H3;/q;2*-1;+2. The van der Waals surface area contributed by atoms with Gasteiger partial charge in [-0.3, -0.25) is 0 Å². The molecule has 6 rings (SSSR count). The molecule has 0 N–H and O–H groups in total. The molecule has 0 bridgehead atoms. The monoisotopic (exact) mass is 562 g/mol. The molecule has 0 saturated heterocycles. The fourth-order valence-electron chi connectivity index (χ4n) is 5.40. The van der Waals surface area contributed by atoms with E-state index in [0.29, 0.717) is 5.92 Å². The molecule has 1 aliphatic rings. The van der Waals surface area contributed by atoms with Gasteiger partial charge in [0.25, 0.3) is 0 Å². The molecule has 188 valence electrons. The van der Waals surface area contributed by atoms with Crippen molar-refractivity contribution in [2.45, 2.75) is 58.8 Å². The van der Waals surface area contributed by atoms with E-state index < -0.39 is 0 Å². The Kier molecular flexibility index (Phi) is 11.5. The normalized spacial score (nSPS) is 12.4. The van der Waals surface area contributed by atoms with Crippen molar-refractivity contribution in [3.63, 3.8) is 0 Å². The van der Waals surface area contributed by atoms with Crippen molar-refractivity contribution in [2.24, 2.45) is 5.92 Å². The van der Waals surface area contributed by atoms with E-state index in [1.54, 1.807) is 0 Å². The van der Waals surface area contributed by atoms with Gasteiger partial charge in [0.1, 0.15) is 0 Å². The SMILES string of the molecule is CCCCC(C)C1c2ccccc2-c2ccccc21.[CH2-]CCC.[Zr+2].c1ccc2c(c1)[cH-]c1ccccc12. The quantitative estimate of drug-likeness (QED) is 0.187. The molecule has 5 aromatic rings. The van der Waals surface area contributed by atoms with Crippen LogP contribution >= 0.6 is 0 Å². The molecule has 0 nitrogen and oxygen atoms in total. The third kappa shape index (κ3) is 6.75. The van der Waals surface area contributed by atoms with Gasteiger partial charge in [0.05, 0.1) is 0 Å². The maximum absolute atomic E-state index is 3.60. The third-order valence-corrected chi connectivity index (χ3v) is 7.34. The van der Waals surface area contributed by atoms with Gasteiger partial charge in [-0.2, -0.15) is 6.42 Å². The van der Waals surface area contributed by atoms with Crippen LogP contribution in [0.4, 0.5) is 0 Å². The molecule has 0 spiro atoms. The van der Waals surface area contributed by atoms with Crippen LogP contribution in [0.1, 0.15) is 69.9 Å². The first-order chi connectivity index (χ1) is 17.7. The number of hydrogen-bond donors (Lipinski definition) is 0. The van der Waals surface area contributed by atoms with Crippen molar-refractivity contribution in [2.75, 3.05) is 0 Å². The van der Waals surface area contributed by atoms with Crippen LogP contribution in [0.25, 0.3) is 32.7 Å². The second-order valence-electron chi connectivity index (χ2n) is 9.94. The van der Waals surface area contributed by atoms with Crippen LogP contribution in [0.15, 0.2) is 103 Å². The van der Waals surface area contributed by atoms with Crippen LogP contribution in [-0.2, 0) is 26.2 Å². The Labute approximate surface area is 243 Å². The Balaban J connectivity index is 0.000000184. The van der Waals surface area contributed by atoms with Gasteiger partial charge in [0, 0.05) is 5.92 Å². The summed E-state index contributed by atoms with van der Waals surface area (Å²) in [5, 5.41) is 5.39. The number of fused-ring (bicyclic) bond motifs is 6. The summed E-state index contributed by atoms with van der Waals surface area (Å²) in [5.41, 5.74) is 5.97. The van der Waals surface area contributed by atoms with Gasteiger partial charge < -0.3 is 6.92 Å². The molecular weight excluding hydrogens is 524 g/mol. The van der Waals surface area contributed by atoms with E-state index in [-0.39, 0.29) is 26.2 Å². The fourth-order valence-corrected chi connectivity index (χ4v) is 5.40. The average molecular weight is 564 g/mol.